The van der Waals surface area contributed by atoms with E-state index in [1.807, 2.05) is 0 Å². The minimum Gasteiger partial charge on any atom is -0.458 e. The van der Waals surface area contributed by atoms with Crippen LogP contribution in [0.15, 0.2) is 48.2 Å². The highest BCUT2D eigenvalue weighted by Crippen LogP contribution is 2.28. The van der Waals surface area contributed by atoms with Gasteiger partial charge in [0.25, 0.3) is 0 Å². The number of allylic oxidation sites excluding steroid dienone is 1. The first-order valence-corrected chi connectivity index (χ1v) is 6.72. The lowest BCUT2D eigenvalue weighted by molar-refractivity contribution is -0.138. The molecule has 2 rings (SSSR count). The Kier molecular flexibility index (Phi) is 4.65. The van der Waals surface area contributed by atoms with Gasteiger partial charge in [-0.3, -0.25) is 0 Å². The van der Waals surface area contributed by atoms with Crippen LogP contribution >= 0.6 is 11.6 Å². The molecule has 5 nitrogen and oxygen atoms in total. The lowest BCUT2D eigenvalue weighted by atomic mass is 9.96. The van der Waals surface area contributed by atoms with Gasteiger partial charge in [0.2, 0.25) is 0 Å². The number of urea groups is 1. The molecule has 0 radical (unpaired) electrons. The van der Waals surface area contributed by atoms with E-state index >= 15 is 0 Å². The Morgan fingerprint density at radius 3 is 2.71 bits per heavy atom. The molecule has 21 heavy (non-hydrogen) atoms. The van der Waals surface area contributed by atoms with E-state index in [0.717, 1.165) is 5.56 Å². The smallest absolute Gasteiger partial charge is 0.338 e. The molecular weight excluding hydrogens is 292 g/mol. The summed E-state index contributed by atoms with van der Waals surface area (Å²) >= 11 is 5.86. The minimum absolute atomic E-state index is 0.108. The molecule has 2 N–H and O–H groups in total. The van der Waals surface area contributed by atoms with Gasteiger partial charge in [-0.15, -0.1) is 0 Å². The molecule has 0 saturated carbocycles. The molecule has 1 aromatic carbocycles. The van der Waals surface area contributed by atoms with E-state index in [1.165, 1.54) is 6.08 Å². The number of benzene rings is 1. The van der Waals surface area contributed by atoms with Crippen LogP contribution in [0.4, 0.5) is 4.79 Å². The van der Waals surface area contributed by atoms with Crippen molar-refractivity contribution in [3.05, 3.63) is 58.8 Å². The van der Waals surface area contributed by atoms with Crippen molar-refractivity contribution in [1.82, 2.24) is 10.6 Å². The molecule has 0 bridgehead atoms. The summed E-state index contributed by atoms with van der Waals surface area (Å²) in [6.07, 6.45) is 1.49. The van der Waals surface area contributed by atoms with E-state index in [2.05, 4.69) is 17.2 Å². The summed E-state index contributed by atoms with van der Waals surface area (Å²) in [5.41, 5.74) is 1.57. The molecule has 0 saturated heterocycles. The van der Waals surface area contributed by atoms with Crippen molar-refractivity contribution >= 4 is 23.6 Å². The monoisotopic (exact) mass is 306 g/mol. The fourth-order valence-corrected chi connectivity index (χ4v) is 2.21. The summed E-state index contributed by atoms with van der Waals surface area (Å²) in [6, 6.07) is 5.97. The predicted octanol–water partition coefficient (Wildman–Crippen LogP) is 2.70. The van der Waals surface area contributed by atoms with Crippen molar-refractivity contribution in [2.75, 3.05) is 6.61 Å². The molecule has 1 heterocycles. The van der Waals surface area contributed by atoms with Crippen LogP contribution < -0.4 is 10.6 Å². The average molecular weight is 307 g/mol. The molecule has 1 aromatic rings. The van der Waals surface area contributed by atoms with E-state index in [0.29, 0.717) is 16.3 Å². The van der Waals surface area contributed by atoms with Gasteiger partial charge in [-0.1, -0.05) is 36.4 Å². The lowest BCUT2D eigenvalue weighted by Gasteiger charge is -2.28. The van der Waals surface area contributed by atoms with Crippen LogP contribution in [0.5, 0.6) is 0 Å². The highest BCUT2D eigenvalue weighted by Gasteiger charge is 2.31. The molecule has 1 aliphatic heterocycles. The highest BCUT2D eigenvalue weighted by atomic mass is 35.5. The molecular formula is C15H15ClN2O3. The van der Waals surface area contributed by atoms with Crippen molar-refractivity contribution in [1.29, 1.82) is 0 Å². The molecule has 0 fully saturated rings. The van der Waals surface area contributed by atoms with E-state index < -0.39 is 12.0 Å². The van der Waals surface area contributed by atoms with Crippen LogP contribution in [0.3, 0.4) is 0 Å². The minimum atomic E-state index is -0.576. The predicted molar refractivity (Wildman–Crippen MR) is 79.7 cm³/mol. The summed E-state index contributed by atoms with van der Waals surface area (Å²) in [4.78, 5) is 23.8. The van der Waals surface area contributed by atoms with Crippen molar-refractivity contribution in [3.8, 4) is 0 Å². The Hall–Kier alpha value is -2.27. The number of hydrogen-bond acceptors (Lipinski definition) is 3. The molecule has 0 aliphatic carbocycles. The number of halogens is 1. The van der Waals surface area contributed by atoms with Gasteiger partial charge >= 0.3 is 12.0 Å². The van der Waals surface area contributed by atoms with Crippen LogP contribution in [0.2, 0.25) is 5.02 Å². The third-order valence-corrected chi connectivity index (χ3v) is 3.28. The normalized spacial score (nSPS) is 17.8. The largest absolute Gasteiger partial charge is 0.458 e. The summed E-state index contributed by atoms with van der Waals surface area (Å²) in [7, 11) is 0. The number of carbonyl (C=O) groups excluding carboxylic acids is 2. The molecule has 0 spiro atoms. The summed E-state index contributed by atoms with van der Waals surface area (Å²) in [6.45, 7) is 5.27. The van der Waals surface area contributed by atoms with E-state index in [4.69, 9.17) is 16.3 Å². The van der Waals surface area contributed by atoms with Gasteiger partial charge < -0.3 is 15.4 Å². The second-order valence-corrected chi connectivity index (χ2v) is 4.95. The van der Waals surface area contributed by atoms with Gasteiger partial charge in [0.15, 0.2) is 0 Å². The highest BCUT2D eigenvalue weighted by molar-refractivity contribution is 6.30. The Labute approximate surface area is 127 Å². The van der Waals surface area contributed by atoms with Crippen molar-refractivity contribution in [3.63, 3.8) is 0 Å². The second-order valence-electron chi connectivity index (χ2n) is 4.51. The number of rotatable bonds is 4. The SMILES string of the molecule is C=CCOC(=O)C1=C(C)NC(=O)N[C@H]1c1ccc(Cl)cc1. The Morgan fingerprint density at radius 2 is 2.10 bits per heavy atom. The number of hydrogen-bond donors (Lipinski definition) is 2. The third-order valence-electron chi connectivity index (χ3n) is 3.02. The Morgan fingerprint density at radius 1 is 1.43 bits per heavy atom. The van der Waals surface area contributed by atoms with Crippen LogP contribution in [-0.2, 0) is 9.53 Å². The van der Waals surface area contributed by atoms with Gasteiger partial charge in [-0.25, -0.2) is 9.59 Å². The maximum atomic E-state index is 12.2. The Balaban J connectivity index is 2.37. The summed E-state index contributed by atoms with van der Waals surface area (Å²) < 4.78 is 5.08. The van der Waals surface area contributed by atoms with Gasteiger partial charge in [0.05, 0.1) is 11.6 Å². The number of carbonyl (C=O) groups is 2. The number of esters is 1. The van der Waals surface area contributed by atoms with Crippen molar-refractivity contribution < 1.29 is 14.3 Å². The van der Waals surface area contributed by atoms with E-state index in [1.54, 1.807) is 31.2 Å². The number of ether oxygens (including phenoxy) is 1. The van der Waals surface area contributed by atoms with Crippen LogP contribution in [0.25, 0.3) is 0 Å². The van der Waals surface area contributed by atoms with Gasteiger partial charge in [-0.05, 0) is 24.6 Å². The number of amides is 2. The maximum Gasteiger partial charge on any atom is 0.338 e. The summed E-state index contributed by atoms with van der Waals surface area (Å²) in [5, 5.41) is 5.87. The van der Waals surface area contributed by atoms with Crippen LogP contribution in [0.1, 0.15) is 18.5 Å². The van der Waals surface area contributed by atoms with Crippen molar-refractivity contribution in [2.24, 2.45) is 0 Å². The molecule has 1 aliphatic rings. The number of nitrogens with one attached hydrogen (secondary N) is 2. The first-order chi connectivity index (χ1) is 10.0. The topological polar surface area (TPSA) is 67.4 Å². The molecule has 2 amide bonds. The molecule has 0 aromatic heterocycles. The fraction of sp³-hybridized carbons (Fsp3) is 0.200. The summed E-state index contributed by atoms with van der Waals surface area (Å²) in [5.74, 6) is -0.500. The van der Waals surface area contributed by atoms with Crippen LogP contribution in [0, 0.1) is 0 Å². The standard InChI is InChI=1S/C15H15ClN2O3/c1-3-8-21-14(19)12-9(2)17-15(20)18-13(12)10-4-6-11(16)7-5-10/h3-7,13H,1,8H2,2H3,(H2,17,18,20)/t13-/m0/s1. The zero-order valence-electron chi connectivity index (χ0n) is 11.5. The Bertz CT molecular complexity index is 608. The van der Waals surface area contributed by atoms with Gasteiger partial charge in [0.1, 0.15) is 6.61 Å². The molecule has 1 atom stereocenters. The molecule has 110 valence electrons. The van der Waals surface area contributed by atoms with Gasteiger partial charge in [0, 0.05) is 10.7 Å². The second kappa shape index (κ2) is 6.45. The zero-order chi connectivity index (χ0) is 15.4. The van der Waals surface area contributed by atoms with Crippen molar-refractivity contribution in [2.45, 2.75) is 13.0 Å². The van der Waals surface area contributed by atoms with Crippen LogP contribution in [-0.4, -0.2) is 18.6 Å². The zero-order valence-corrected chi connectivity index (χ0v) is 12.2. The van der Waals surface area contributed by atoms with E-state index in [9.17, 15) is 9.59 Å². The quantitative estimate of drug-likeness (QED) is 0.664. The lowest BCUT2D eigenvalue weighted by Crippen LogP contribution is -2.45. The first kappa shape index (κ1) is 15.1. The average Bonchev–Trinajstić information content (AvgIpc) is 2.44. The molecule has 0 unspecified atom stereocenters. The first-order valence-electron chi connectivity index (χ1n) is 6.34. The van der Waals surface area contributed by atoms with Gasteiger partial charge in [-0.2, -0.15) is 0 Å². The third kappa shape index (κ3) is 3.44. The maximum absolute atomic E-state index is 12.2. The molecule has 6 heteroatoms. The fourth-order valence-electron chi connectivity index (χ4n) is 2.08. The van der Waals surface area contributed by atoms with E-state index in [-0.39, 0.29) is 12.6 Å².